The van der Waals surface area contributed by atoms with E-state index in [0.717, 1.165) is 12.1 Å². The number of halogens is 2. The standard InChI is InChI=1S/C21H17F2N3O3/c1-2-29-21(28)15-5-3-4-6-18(15)26-20(27)13-7-10-19(24-12-13)25-14-8-9-16(22)17(23)11-14/h3-12H,2H2,1H3,(H,24,25)(H,26,27). The van der Waals surface area contributed by atoms with Crippen molar-refractivity contribution in [3.63, 3.8) is 0 Å². The fraction of sp³-hybridized carbons (Fsp3) is 0.0952. The van der Waals surface area contributed by atoms with Gasteiger partial charge in [0.1, 0.15) is 5.82 Å². The van der Waals surface area contributed by atoms with E-state index in [2.05, 4.69) is 15.6 Å². The minimum atomic E-state index is -0.980. The van der Waals surface area contributed by atoms with Crippen molar-refractivity contribution in [3.8, 4) is 0 Å². The molecule has 0 saturated heterocycles. The normalized spacial score (nSPS) is 10.3. The van der Waals surface area contributed by atoms with Crippen LogP contribution in [0.4, 0.5) is 26.0 Å². The number of amides is 1. The van der Waals surface area contributed by atoms with Gasteiger partial charge in [-0.3, -0.25) is 4.79 Å². The molecule has 0 radical (unpaired) electrons. The average molecular weight is 397 g/mol. The molecule has 0 aliphatic carbocycles. The van der Waals surface area contributed by atoms with Crippen LogP contribution in [-0.4, -0.2) is 23.5 Å². The number of benzene rings is 2. The van der Waals surface area contributed by atoms with Gasteiger partial charge in [-0.1, -0.05) is 12.1 Å². The second kappa shape index (κ2) is 8.92. The SMILES string of the molecule is CCOC(=O)c1ccccc1NC(=O)c1ccc(Nc2ccc(F)c(F)c2)nc1. The molecule has 0 aliphatic rings. The van der Waals surface area contributed by atoms with Gasteiger partial charge in [0.25, 0.3) is 5.91 Å². The van der Waals surface area contributed by atoms with Gasteiger partial charge in [0.05, 0.1) is 23.4 Å². The van der Waals surface area contributed by atoms with Crippen molar-refractivity contribution in [2.45, 2.75) is 6.92 Å². The maximum absolute atomic E-state index is 13.3. The number of esters is 1. The van der Waals surface area contributed by atoms with E-state index in [9.17, 15) is 18.4 Å². The van der Waals surface area contributed by atoms with Crippen LogP contribution in [0.25, 0.3) is 0 Å². The summed E-state index contributed by atoms with van der Waals surface area (Å²) in [7, 11) is 0. The lowest BCUT2D eigenvalue weighted by atomic mass is 10.1. The molecule has 0 fully saturated rings. The summed E-state index contributed by atoms with van der Waals surface area (Å²) in [5.74, 6) is -2.58. The Labute approximate surface area is 165 Å². The summed E-state index contributed by atoms with van der Waals surface area (Å²) in [5, 5.41) is 5.47. The summed E-state index contributed by atoms with van der Waals surface area (Å²) in [4.78, 5) is 28.6. The molecule has 29 heavy (non-hydrogen) atoms. The first-order valence-corrected chi connectivity index (χ1v) is 8.73. The van der Waals surface area contributed by atoms with Gasteiger partial charge in [0, 0.05) is 18.0 Å². The van der Waals surface area contributed by atoms with Crippen molar-refractivity contribution in [2.75, 3.05) is 17.2 Å². The van der Waals surface area contributed by atoms with Gasteiger partial charge in [-0.15, -0.1) is 0 Å². The van der Waals surface area contributed by atoms with Crippen LogP contribution >= 0.6 is 0 Å². The summed E-state index contributed by atoms with van der Waals surface area (Å²) < 4.78 is 31.2. The van der Waals surface area contributed by atoms with Crippen molar-refractivity contribution in [3.05, 3.63) is 83.6 Å². The molecule has 3 rings (SSSR count). The number of nitrogens with one attached hydrogen (secondary N) is 2. The van der Waals surface area contributed by atoms with Crippen molar-refractivity contribution < 1.29 is 23.1 Å². The predicted molar refractivity (Wildman–Crippen MR) is 104 cm³/mol. The third kappa shape index (κ3) is 4.92. The first-order chi connectivity index (χ1) is 14.0. The number of aromatic nitrogens is 1. The number of rotatable bonds is 6. The Kier molecular flexibility index (Phi) is 6.13. The Morgan fingerprint density at radius 2 is 1.83 bits per heavy atom. The number of nitrogens with zero attached hydrogens (tertiary/aromatic N) is 1. The third-order valence-electron chi connectivity index (χ3n) is 3.89. The van der Waals surface area contributed by atoms with E-state index < -0.39 is 23.5 Å². The molecule has 148 valence electrons. The van der Waals surface area contributed by atoms with Crippen molar-refractivity contribution in [1.82, 2.24) is 4.98 Å². The number of ether oxygens (including phenoxy) is 1. The van der Waals surface area contributed by atoms with E-state index in [0.29, 0.717) is 17.2 Å². The molecule has 1 amide bonds. The maximum atomic E-state index is 13.3. The molecule has 0 aliphatic heterocycles. The van der Waals surface area contributed by atoms with Crippen LogP contribution in [0.5, 0.6) is 0 Å². The number of pyridine rings is 1. The molecule has 3 aromatic rings. The summed E-state index contributed by atoms with van der Waals surface area (Å²) in [5.41, 5.74) is 1.13. The molecule has 0 bridgehead atoms. The molecular weight excluding hydrogens is 380 g/mol. The van der Waals surface area contributed by atoms with E-state index in [1.165, 1.54) is 24.4 Å². The van der Waals surface area contributed by atoms with Crippen molar-refractivity contribution in [1.29, 1.82) is 0 Å². The van der Waals surface area contributed by atoms with Gasteiger partial charge in [-0.25, -0.2) is 18.6 Å². The molecule has 0 unspecified atom stereocenters. The monoisotopic (exact) mass is 397 g/mol. The summed E-state index contributed by atoms with van der Waals surface area (Å²) >= 11 is 0. The van der Waals surface area contributed by atoms with Crippen LogP contribution in [0, 0.1) is 11.6 Å². The maximum Gasteiger partial charge on any atom is 0.340 e. The zero-order chi connectivity index (χ0) is 20.8. The van der Waals surface area contributed by atoms with Crippen LogP contribution < -0.4 is 10.6 Å². The highest BCUT2D eigenvalue weighted by atomic mass is 19.2. The van der Waals surface area contributed by atoms with Crippen LogP contribution in [-0.2, 0) is 4.74 Å². The number of para-hydroxylation sites is 1. The van der Waals surface area contributed by atoms with Crippen LogP contribution in [0.2, 0.25) is 0 Å². The molecule has 6 nitrogen and oxygen atoms in total. The quantitative estimate of drug-likeness (QED) is 0.598. The number of hydrogen-bond donors (Lipinski definition) is 2. The number of carbonyl (C=O) groups is 2. The lowest BCUT2D eigenvalue weighted by Crippen LogP contribution is -2.16. The van der Waals surface area contributed by atoms with Gasteiger partial charge < -0.3 is 15.4 Å². The lowest BCUT2D eigenvalue weighted by Gasteiger charge is -2.11. The zero-order valence-corrected chi connectivity index (χ0v) is 15.4. The van der Waals surface area contributed by atoms with Gasteiger partial charge >= 0.3 is 5.97 Å². The van der Waals surface area contributed by atoms with E-state index >= 15 is 0 Å². The second-order valence-electron chi connectivity index (χ2n) is 5.91. The average Bonchev–Trinajstić information content (AvgIpc) is 2.72. The van der Waals surface area contributed by atoms with E-state index in [4.69, 9.17) is 4.74 Å². The molecule has 2 aromatic carbocycles. The fourth-order valence-corrected chi connectivity index (χ4v) is 2.50. The van der Waals surface area contributed by atoms with Gasteiger partial charge in [0.15, 0.2) is 11.6 Å². The van der Waals surface area contributed by atoms with Gasteiger partial charge in [0.2, 0.25) is 0 Å². The summed E-state index contributed by atoms with van der Waals surface area (Å²) in [6, 6.07) is 12.9. The van der Waals surface area contributed by atoms with E-state index in [1.54, 1.807) is 31.2 Å². The Bertz CT molecular complexity index is 1040. The molecule has 2 N–H and O–H groups in total. The Morgan fingerprint density at radius 1 is 1.03 bits per heavy atom. The summed E-state index contributed by atoms with van der Waals surface area (Å²) in [6.07, 6.45) is 1.32. The highest BCUT2D eigenvalue weighted by Gasteiger charge is 2.15. The zero-order valence-electron chi connectivity index (χ0n) is 15.4. The summed E-state index contributed by atoms with van der Waals surface area (Å²) in [6.45, 7) is 1.91. The fourth-order valence-electron chi connectivity index (χ4n) is 2.50. The minimum Gasteiger partial charge on any atom is -0.462 e. The molecule has 0 saturated carbocycles. The highest BCUT2D eigenvalue weighted by Crippen LogP contribution is 2.19. The molecule has 0 atom stereocenters. The number of carbonyl (C=O) groups excluding carboxylic acids is 2. The third-order valence-corrected chi connectivity index (χ3v) is 3.89. The smallest absolute Gasteiger partial charge is 0.340 e. The topological polar surface area (TPSA) is 80.3 Å². The molecule has 1 aromatic heterocycles. The van der Waals surface area contributed by atoms with Crippen LogP contribution in [0.15, 0.2) is 60.8 Å². The van der Waals surface area contributed by atoms with Crippen LogP contribution in [0.1, 0.15) is 27.6 Å². The first kappa shape index (κ1) is 19.9. The van der Waals surface area contributed by atoms with E-state index in [1.807, 2.05) is 0 Å². The molecular formula is C21H17F2N3O3. The van der Waals surface area contributed by atoms with Gasteiger partial charge in [-0.05, 0) is 43.3 Å². The second-order valence-corrected chi connectivity index (χ2v) is 5.91. The number of anilines is 3. The van der Waals surface area contributed by atoms with Crippen molar-refractivity contribution >= 4 is 29.1 Å². The largest absolute Gasteiger partial charge is 0.462 e. The first-order valence-electron chi connectivity index (χ1n) is 8.73. The Hall–Kier alpha value is -3.81. The predicted octanol–water partition coefficient (Wildman–Crippen LogP) is 4.53. The van der Waals surface area contributed by atoms with Crippen molar-refractivity contribution in [2.24, 2.45) is 0 Å². The van der Waals surface area contributed by atoms with Gasteiger partial charge in [-0.2, -0.15) is 0 Å². The highest BCUT2D eigenvalue weighted by molar-refractivity contribution is 6.07. The van der Waals surface area contributed by atoms with E-state index in [-0.39, 0.29) is 17.7 Å². The molecule has 0 spiro atoms. The number of hydrogen-bond acceptors (Lipinski definition) is 5. The lowest BCUT2D eigenvalue weighted by molar-refractivity contribution is 0.0527. The molecule has 1 heterocycles. The Morgan fingerprint density at radius 3 is 2.52 bits per heavy atom. The molecule has 8 heteroatoms. The van der Waals surface area contributed by atoms with Crippen LogP contribution in [0.3, 0.4) is 0 Å². The minimum absolute atomic E-state index is 0.220. The Balaban J connectivity index is 1.71.